The molecule has 2 N–H and O–H groups in total. The summed E-state index contributed by atoms with van der Waals surface area (Å²) >= 11 is 0. The van der Waals surface area contributed by atoms with Crippen molar-refractivity contribution in [3.63, 3.8) is 0 Å². The molecule has 106 valence electrons. The highest BCUT2D eigenvalue weighted by Gasteiger charge is 2.19. The average Bonchev–Trinajstić information content (AvgIpc) is 2.91. The molecule has 3 rings (SSSR count). The summed E-state index contributed by atoms with van der Waals surface area (Å²) in [5, 5.41) is 4.79. The monoisotopic (exact) mass is 262 g/mol. The van der Waals surface area contributed by atoms with E-state index in [0.717, 1.165) is 32.5 Å². The van der Waals surface area contributed by atoms with Crippen LogP contribution < -0.4 is 5.73 Å². The number of nitrogens with two attached hydrogens (primary N) is 1. The van der Waals surface area contributed by atoms with Crippen LogP contribution in [0.15, 0.2) is 12.3 Å². The van der Waals surface area contributed by atoms with Crippen LogP contribution >= 0.6 is 0 Å². The lowest BCUT2D eigenvalue weighted by Crippen LogP contribution is -2.39. The first-order valence-corrected chi connectivity index (χ1v) is 7.83. The van der Waals surface area contributed by atoms with E-state index in [9.17, 15) is 0 Å². The number of rotatable bonds is 3. The van der Waals surface area contributed by atoms with Gasteiger partial charge in [0.05, 0.1) is 11.7 Å². The van der Waals surface area contributed by atoms with E-state index in [1.807, 2.05) is 0 Å². The molecule has 0 atom stereocenters. The molecule has 2 heterocycles. The molecule has 0 unspecified atom stereocenters. The van der Waals surface area contributed by atoms with E-state index in [4.69, 9.17) is 10.8 Å². The maximum atomic E-state index is 5.95. The van der Waals surface area contributed by atoms with Crippen molar-refractivity contribution in [1.29, 1.82) is 0 Å². The van der Waals surface area contributed by atoms with Gasteiger partial charge in [-0.2, -0.15) is 5.10 Å². The first-order valence-electron chi connectivity index (χ1n) is 7.83. The summed E-state index contributed by atoms with van der Waals surface area (Å²) in [6, 6.07) is 3.26. The molecule has 1 saturated heterocycles. The van der Waals surface area contributed by atoms with Gasteiger partial charge >= 0.3 is 0 Å². The molecule has 0 bridgehead atoms. The lowest BCUT2D eigenvalue weighted by atomic mass is 9.96. The fourth-order valence-electron chi connectivity index (χ4n) is 3.35. The molecule has 0 amide bonds. The van der Waals surface area contributed by atoms with Crippen LogP contribution in [0.2, 0.25) is 0 Å². The van der Waals surface area contributed by atoms with E-state index in [1.165, 1.54) is 37.8 Å². The summed E-state index contributed by atoms with van der Waals surface area (Å²) in [5.41, 5.74) is 7.17. The number of hydrogen-bond donors (Lipinski definition) is 1. The van der Waals surface area contributed by atoms with Crippen molar-refractivity contribution in [2.24, 2.45) is 5.73 Å². The first kappa shape index (κ1) is 13.1. The number of likely N-dealkylation sites (tertiary alicyclic amines) is 1. The summed E-state index contributed by atoms with van der Waals surface area (Å²) in [6.45, 7) is 3.24. The van der Waals surface area contributed by atoms with E-state index in [1.54, 1.807) is 0 Å². The highest BCUT2D eigenvalue weighted by atomic mass is 15.3. The van der Waals surface area contributed by atoms with Gasteiger partial charge in [-0.25, -0.2) is 0 Å². The van der Waals surface area contributed by atoms with Crippen molar-refractivity contribution in [3.05, 3.63) is 18.0 Å². The molecule has 0 radical (unpaired) electrons. The fourth-order valence-corrected chi connectivity index (χ4v) is 3.35. The second-order valence-corrected chi connectivity index (χ2v) is 6.19. The molecule has 4 nitrogen and oxygen atoms in total. The molecule has 1 aliphatic heterocycles. The SMILES string of the molecule is NC1CCN(Cc2ccn(C3CCCCC3)n2)CC1. The molecule has 0 spiro atoms. The van der Waals surface area contributed by atoms with Crippen LogP contribution in [0.4, 0.5) is 0 Å². The highest BCUT2D eigenvalue weighted by Crippen LogP contribution is 2.27. The molecular formula is C15H26N4. The minimum absolute atomic E-state index is 0.413. The zero-order valence-electron chi connectivity index (χ0n) is 11.8. The number of hydrogen-bond acceptors (Lipinski definition) is 3. The van der Waals surface area contributed by atoms with E-state index in [0.29, 0.717) is 12.1 Å². The predicted molar refractivity (Wildman–Crippen MR) is 76.8 cm³/mol. The van der Waals surface area contributed by atoms with Crippen molar-refractivity contribution in [2.45, 2.75) is 63.6 Å². The van der Waals surface area contributed by atoms with Gasteiger partial charge in [0.25, 0.3) is 0 Å². The largest absolute Gasteiger partial charge is 0.328 e. The maximum absolute atomic E-state index is 5.95. The van der Waals surface area contributed by atoms with Gasteiger partial charge in [0.1, 0.15) is 0 Å². The maximum Gasteiger partial charge on any atom is 0.0764 e. The normalized spacial score (nSPS) is 23.8. The van der Waals surface area contributed by atoms with Crippen molar-refractivity contribution in [3.8, 4) is 0 Å². The van der Waals surface area contributed by atoms with Gasteiger partial charge in [-0.15, -0.1) is 0 Å². The Morgan fingerprint density at radius 1 is 1.11 bits per heavy atom. The molecule has 4 heteroatoms. The Hall–Kier alpha value is -0.870. The lowest BCUT2D eigenvalue weighted by Gasteiger charge is -2.29. The summed E-state index contributed by atoms with van der Waals surface area (Å²) < 4.78 is 2.21. The van der Waals surface area contributed by atoms with E-state index < -0.39 is 0 Å². The van der Waals surface area contributed by atoms with E-state index >= 15 is 0 Å². The van der Waals surface area contributed by atoms with Crippen LogP contribution in [0.25, 0.3) is 0 Å². The predicted octanol–water partition coefficient (Wildman–Crippen LogP) is 2.31. The minimum atomic E-state index is 0.413. The molecule has 0 aromatic carbocycles. The topological polar surface area (TPSA) is 47.1 Å². The third-order valence-corrected chi connectivity index (χ3v) is 4.63. The average molecular weight is 262 g/mol. The highest BCUT2D eigenvalue weighted by molar-refractivity contribution is 5.00. The van der Waals surface area contributed by atoms with E-state index in [-0.39, 0.29) is 0 Å². The van der Waals surface area contributed by atoms with Crippen molar-refractivity contribution in [2.75, 3.05) is 13.1 Å². The zero-order chi connectivity index (χ0) is 13.1. The van der Waals surface area contributed by atoms with Crippen LogP contribution in [0.1, 0.15) is 56.7 Å². The van der Waals surface area contributed by atoms with Crippen molar-refractivity contribution in [1.82, 2.24) is 14.7 Å². The summed E-state index contributed by atoms with van der Waals surface area (Å²) in [7, 11) is 0. The van der Waals surface area contributed by atoms with Crippen molar-refractivity contribution >= 4 is 0 Å². The second-order valence-electron chi connectivity index (χ2n) is 6.19. The molecule has 1 aromatic rings. The van der Waals surface area contributed by atoms with Gasteiger partial charge in [0.15, 0.2) is 0 Å². The number of piperidine rings is 1. The summed E-state index contributed by atoms with van der Waals surface area (Å²) in [5.74, 6) is 0. The number of aromatic nitrogens is 2. The Labute approximate surface area is 116 Å². The molecule has 2 aliphatic rings. The van der Waals surface area contributed by atoms with Gasteiger partial charge in [-0.1, -0.05) is 19.3 Å². The molecule has 2 fully saturated rings. The first-order chi connectivity index (χ1) is 9.31. The molecule has 1 aromatic heterocycles. The third kappa shape index (κ3) is 3.37. The van der Waals surface area contributed by atoms with Gasteiger partial charge in [-0.3, -0.25) is 9.58 Å². The Balaban J connectivity index is 1.55. The quantitative estimate of drug-likeness (QED) is 0.909. The minimum Gasteiger partial charge on any atom is -0.328 e. The van der Waals surface area contributed by atoms with Gasteiger partial charge < -0.3 is 5.73 Å². The summed E-state index contributed by atoms with van der Waals surface area (Å²) in [4.78, 5) is 2.48. The van der Waals surface area contributed by atoms with Crippen LogP contribution in [0.5, 0.6) is 0 Å². The molecule has 19 heavy (non-hydrogen) atoms. The van der Waals surface area contributed by atoms with Crippen LogP contribution in [0.3, 0.4) is 0 Å². The summed E-state index contributed by atoms with van der Waals surface area (Å²) in [6.07, 6.45) is 11.2. The Bertz CT molecular complexity index is 387. The van der Waals surface area contributed by atoms with Gasteiger partial charge in [0, 0.05) is 31.9 Å². The van der Waals surface area contributed by atoms with Crippen LogP contribution in [0, 0.1) is 0 Å². The Morgan fingerprint density at radius 3 is 2.58 bits per heavy atom. The number of nitrogens with zero attached hydrogens (tertiary/aromatic N) is 3. The van der Waals surface area contributed by atoms with Crippen LogP contribution in [-0.2, 0) is 6.54 Å². The Kier molecular flexibility index (Phi) is 4.18. The molecule has 1 aliphatic carbocycles. The third-order valence-electron chi connectivity index (χ3n) is 4.63. The lowest BCUT2D eigenvalue weighted by molar-refractivity contribution is 0.202. The van der Waals surface area contributed by atoms with Gasteiger partial charge in [0.2, 0.25) is 0 Å². The standard InChI is InChI=1S/C15H26N4/c16-13-6-9-18(10-7-13)12-14-8-11-19(17-14)15-4-2-1-3-5-15/h8,11,13,15H,1-7,9-10,12,16H2. The Morgan fingerprint density at radius 2 is 1.84 bits per heavy atom. The molecular weight excluding hydrogens is 236 g/mol. The van der Waals surface area contributed by atoms with Crippen LogP contribution in [-0.4, -0.2) is 33.8 Å². The van der Waals surface area contributed by atoms with Crippen molar-refractivity contribution < 1.29 is 0 Å². The molecule has 1 saturated carbocycles. The fraction of sp³-hybridized carbons (Fsp3) is 0.800. The van der Waals surface area contributed by atoms with Gasteiger partial charge in [-0.05, 0) is 31.7 Å². The van der Waals surface area contributed by atoms with E-state index in [2.05, 4.69) is 21.8 Å². The smallest absolute Gasteiger partial charge is 0.0764 e. The zero-order valence-corrected chi connectivity index (χ0v) is 11.8. The second kappa shape index (κ2) is 6.06.